The van der Waals surface area contributed by atoms with Crippen LogP contribution in [-0.2, 0) is 6.54 Å². The smallest absolute Gasteiger partial charge is 0.122 e. The Labute approximate surface area is 101 Å². The van der Waals surface area contributed by atoms with E-state index in [0.29, 0.717) is 6.54 Å². The van der Waals surface area contributed by atoms with Crippen molar-refractivity contribution in [3.05, 3.63) is 48.3 Å². The molecule has 1 aromatic heterocycles. The van der Waals surface area contributed by atoms with Crippen molar-refractivity contribution in [3.63, 3.8) is 0 Å². The molecule has 0 saturated carbocycles. The first kappa shape index (κ1) is 11.4. The van der Waals surface area contributed by atoms with Gasteiger partial charge in [0.25, 0.3) is 0 Å². The molecular formula is C13H16N2O2. The van der Waals surface area contributed by atoms with Gasteiger partial charge in [-0.2, -0.15) is 0 Å². The highest BCUT2D eigenvalue weighted by atomic mass is 16.5. The van der Waals surface area contributed by atoms with E-state index in [0.717, 1.165) is 17.1 Å². The quantitative estimate of drug-likeness (QED) is 0.858. The Bertz CT molecular complexity index is 444. The molecule has 1 aromatic carbocycles. The minimum atomic E-state index is 0.711. The lowest BCUT2D eigenvalue weighted by molar-refractivity contribution is 0.393. The molecule has 4 heteroatoms. The minimum absolute atomic E-state index is 0.711. The van der Waals surface area contributed by atoms with Crippen LogP contribution in [0.25, 0.3) is 0 Å². The first-order valence-electron chi connectivity index (χ1n) is 5.40. The molecule has 1 N–H and O–H groups in total. The average molecular weight is 232 g/mol. The summed E-state index contributed by atoms with van der Waals surface area (Å²) in [6, 6.07) is 9.77. The summed E-state index contributed by atoms with van der Waals surface area (Å²) in [5, 5.41) is 0. The van der Waals surface area contributed by atoms with Crippen molar-refractivity contribution in [2.24, 2.45) is 0 Å². The van der Waals surface area contributed by atoms with E-state index >= 15 is 0 Å². The lowest BCUT2D eigenvalue weighted by atomic mass is 10.2. The SMILES string of the molecule is COc1cc(CNn2cccc2)cc(OC)c1. The molecule has 0 unspecified atom stereocenters. The van der Waals surface area contributed by atoms with E-state index < -0.39 is 0 Å². The van der Waals surface area contributed by atoms with Crippen molar-refractivity contribution in [2.45, 2.75) is 6.54 Å². The number of ether oxygens (including phenoxy) is 2. The summed E-state index contributed by atoms with van der Waals surface area (Å²) in [7, 11) is 3.30. The van der Waals surface area contributed by atoms with Crippen molar-refractivity contribution in [1.82, 2.24) is 4.68 Å². The van der Waals surface area contributed by atoms with Gasteiger partial charge >= 0.3 is 0 Å². The molecule has 90 valence electrons. The van der Waals surface area contributed by atoms with E-state index in [2.05, 4.69) is 5.43 Å². The van der Waals surface area contributed by atoms with Crippen molar-refractivity contribution in [2.75, 3.05) is 19.6 Å². The maximum absolute atomic E-state index is 5.22. The molecular weight excluding hydrogens is 216 g/mol. The second-order valence-corrected chi connectivity index (χ2v) is 3.65. The van der Waals surface area contributed by atoms with Gasteiger partial charge < -0.3 is 14.9 Å². The van der Waals surface area contributed by atoms with Gasteiger partial charge in [-0.3, -0.25) is 4.68 Å². The predicted octanol–water partition coefficient (Wildman–Crippen LogP) is 2.25. The Balaban J connectivity index is 2.09. The summed E-state index contributed by atoms with van der Waals surface area (Å²) in [6.45, 7) is 0.711. The fourth-order valence-electron chi connectivity index (χ4n) is 1.59. The van der Waals surface area contributed by atoms with Gasteiger partial charge in [0, 0.05) is 18.5 Å². The molecule has 2 rings (SSSR count). The van der Waals surface area contributed by atoms with Crippen molar-refractivity contribution in [1.29, 1.82) is 0 Å². The molecule has 0 fully saturated rings. The zero-order valence-corrected chi connectivity index (χ0v) is 10.0. The summed E-state index contributed by atoms with van der Waals surface area (Å²) in [6.07, 6.45) is 3.91. The Morgan fingerprint density at radius 1 is 1.00 bits per heavy atom. The second kappa shape index (κ2) is 5.30. The number of benzene rings is 1. The third kappa shape index (κ3) is 2.93. The van der Waals surface area contributed by atoms with Crippen LogP contribution in [0.4, 0.5) is 0 Å². The van der Waals surface area contributed by atoms with Gasteiger partial charge in [0.15, 0.2) is 0 Å². The van der Waals surface area contributed by atoms with Crippen molar-refractivity contribution < 1.29 is 9.47 Å². The lowest BCUT2D eigenvalue weighted by Gasteiger charge is -2.10. The van der Waals surface area contributed by atoms with E-state index in [4.69, 9.17) is 9.47 Å². The minimum Gasteiger partial charge on any atom is -0.497 e. The highest BCUT2D eigenvalue weighted by Crippen LogP contribution is 2.22. The van der Waals surface area contributed by atoms with Crippen LogP contribution in [-0.4, -0.2) is 18.9 Å². The molecule has 1 heterocycles. The Kier molecular flexibility index (Phi) is 3.55. The van der Waals surface area contributed by atoms with Gasteiger partial charge in [-0.05, 0) is 29.8 Å². The van der Waals surface area contributed by atoms with E-state index in [9.17, 15) is 0 Å². The van der Waals surface area contributed by atoms with E-state index in [-0.39, 0.29) is 0 Å². The standard InChI is InChI=1S/C13H16N2O2/c1-16-12-7-11(8-13(9-12)17-2)10-14-15-5-3-4-6-15/h3-9,14H,10H2,1-2H3. The molecule has 2 aromatic rings. The average Bonchev–Trinajstić information content (AvgIpc) is 2.89. The van der Waals surface area contributed by atoms with Gasteiger partial charge in [0.05, 0.1) is 20.8 Å². The number of hydrogen-bond donors (Lipinski definition) is 1. The van der Waals surface area contributed by atoms with Gasteiger partial charge in [-0.25, -0.2) is 0 Å². The van der Waals surface area contributed by atoms with Crippen LogP contribution >= 0.6 is 0 Å². The Morgan fingerprint density at radius 2 is 1.59 bits per heavy atom. The van der Waals surface area contributed by atoms with Gasteiger partial charge in [0.1, 0.15) is 11.5 Å². The monoisotopic (exact) mass is 232 g/mol. The highest BCUT2D eigenvalue weighted by Gasteiger charge is 2.01. The maximum Gasteiger partial charge on any atom is 0.122 e. The van der Waals surface area contributed by atoms with Crippen molar-refractivity contribution in [3.8, 4) is 11.5 Å². The number of rotatable bonds is 5. The van der Waals surface area contributed by atoms with E-state index in [1.165, 1.54) is 0 Å². The van der Waals surface area contributed by atoms with Crippen LogP contribution in [0.5, 0.6) is 11.5 Å². The van der Waals surface area contributed by atoms with Gasteiger partial charge in [-0.15, -0.1) is 0 Å². The first-order valence-corrected chi connectivity index (χ1v) is 5.40. The summed E-state index contributed by atoms with van der Waals surface area (Å²) in [5.41, 5.74) is 4.36. The summed E-state index contributed by atoms with van der Waals surface area (Å²) < 4.78 is 12.3. The fourth-order valence-corrected chi connectivity index (χ4v) is 1.59. The summed E-state index contributed by atoms with van der Waals surface area (Å²) >= 11 is 0. The number of hydrogen-bond acceptors (Lipinski definition) is 3. The highest BCUT2D eigenvalue weighted by molar-refractivity contribution is 5.38. The van der Waals surface area contributed by atoms with Crippen LogP contribution in [0.3, 0.4) is 0 Å². The van der Waals surface area contributed by atoms with E-state index in [1.807, 2.05) is 47.4 Å². The molecule has 0 aliphatic rings. The third-order valence-corrected chi connectivity index (χ3v) is 2.48. The zero-order chi connectivity index (χ0) is 12.1. The number of nitrogens with zero attached hydrogens (tertiary/aromatic N) is 1. The third-order valence-electron chi connectivity index (χ3n) is 2.48. The topological polar surface area (TPSA) is 35.4 Å². The summed E-state index contributed by atoms with van der Waals surface area (Å²) in [4.78, 5) is 0. The molecule has 0 saturated heterocycles. The molecule has 0 bridgehead atoms. The molecule has 0 aliphatic carbocycles. The van der Waals surface area contributed by atoms with E-state index in [1.54, 1.807) is 14.2 Å². The normalized spacial score (nSPS) is 10.0. The number of nitrogens with one attached hydrogen (secondary N) is 1. The second-order valence-electron chi connectivity index (χ2n) is 3.65. The summed E-state index contributed by atoms with van der Waals surface area (Å²) in [5.74, 6) is 1.60. The Morgan fingerprint density at radius 3 is 2.12 bits per heavy atom. The first-order chi connectivity index (χ1) is 8.31. The van der Waals surface area contributed by atoms with Crippen LogP contribution in [0.2, 0.25) is 0 Å². The van der Waals surface area contributed by atoms with Gasteiger partial charge in [-0.1, -0.05) is 0 Å². The fraction of sp³-hybridized carbons (Fsp3) is 0.231. The molecule has 0 spiro atoms. The van der Waals surface area contributed by atoms with Crippen LogP contribution in [0.15, 0.2) is 42.7 Å². The lowest BCUT2D eigenvalue weighted by Crippen LogP contribution is -2.11. The molecule has 17 heavy (non-hydrogen) atoms. The largest absolute Gasteiger partial charge is 0.497 e. The molecule has 0 radical (unpaired) electrons. The Hall–Kier alpha value is -2.10. The molecule has 0 aliphatic heterocycles. The molecule has 4 nitrogen and oxygen atoms in total. The molecule has 0 amide bonds. The molecule has 0 atom stereocenters. The zero-order valence-electron chi connectivity index (χ0n) is 10.0. The van der Waals surface area contributed by atoms with Gasteiger partial charge in [0.2, 0.25) is 0 Å². The maximum atomic E-state index is 5.22. The number of methoxy groups -OCH3 is 2. The van der Waals surface area contributed by atoms with Crippen LogP contribution in [0, 0.1) is 0 Å². The van der Waals surface area contributed by atoms with Crippen LogP contribution < -0.4 is 14.9 Å². The number of aromatic nitrogens is 1. The predicted molar refractivity (Wildman–Crippen MR) is 67.0 cm³/mol. The van der Waals surface area contributed by atoms with Crippen molar-refractivity contribution >= 4 is 0 Å². The van der Waals surface area contributed by atoms with Crippen LogP contribution in [0.1, 0.15) is 5.56 Å².